The predicted molar refractivity (Wildman–Crippen MR) is 97.5 cm³/mol. The van der Waals surface area contributed by atoms with E-state index in [0.717, 1.165) is 28.8 Å². The number of hydrogen-bond acceptors (Lipinski definition) is 3. The number of ether oxygens (including phenoxy) is 1. The first-order valence-electron chi connectivity index (χ1n) is 8.49. The first-order valence-corrected chi connectivity index (χ1v) is 8.49. The van der Waals surface area contributed by atoms with Crippen LogP contribution in [0.3, 0.4) is 0 Å². The molecule has 2 aromatic carbocycles. The van der Waals surface area contributed by atoms with E-state index in [9.17, 15) is 4.79 Å². The lowest BCUT2D eigenvalue weighted by molar-refractivity contribution is -0.144. The molecule has 0 radical (unpaired) electrons. The molecule has 0 aliphatic heterocycles. The van der Waals surface area contributed by atoms with Gasteiger partial charge in [0, 0.05) is 0 Å². The number of hydrogen-bond donors (Lipinski definition) is 1. The standard InChI is InChI=1S/C21H23NO2/c1-3-22-21(15-20(23)24-4-2)18-11-7-5-9-16(18)13-14-17-10-6-8-12-19(17)21/h5-14,22H,3-4,15H2,1-2H3. The fourth-order valence-electron chi connectivity index (χ4n) is 3.56. The highest BCUT2D eigenvalue weighted by atomic mass is 16.5. The van der Waals surface area contributed by atoms with Gasteiger partial charge in [-0.3, -0.25) is 4.79 Å². The molecule has 0 bridgehead atoms. The van der Waals surface area contributed by atoms with Crippen LogP contribution in [0.25, 0.3) is 12.2 Å². The largest absolute Gasteiger partial charge is 0.466 e. The minimum Gasteiger partial charge on any atom is -0.466 e. The number of esters is 1. The molecular weight excluding hydrogens is 298 g/mol. The van der Waals surface area contributed by atoms with Crippen LogP contribution in [-0.2, 0) is 15.1 Å². The average molecular weight is 321 g/mol. The Kier molecular flexibility index (Phi) is 4.81. The fourth-order valence-corrected chi connectivity index (χ4v) is 3.56. The van der Waals surface area contributed by atoms with Crippen molar-refractivity contribution in [1.29, 1.82) is 0 Å². The first-order chi connectivity index (χ1) is 11.7. The van der Waals surface area contributed by atoms with E-state index in [1.807, 2.05) is 31.2 Å². The van der Waals surface area contributed by atoms with Crippen LogP contribution in [0.4, 0.5) is 0 Å². The van der Waals surface area contributed by atoms with E-state index in [1.54, 1.807) is 0 Å². The Hall–Kier alpha value is -2.39. The van der Waals surface area contributed by atoms with Crippen LogP contribution < -0.4 is 5.32 Å². The summed E-state index contributed by atoms with van der Waals surface area (Å²) in [6.07, 6.45) is 4.52. The summed E-state index contributed by atoms with van der Waals surface area (Å²) in [7, 11) is 0. The molecule has 0 fully saturated rings. The van der Waals surface area contributed by atoms with Crippen LogP contribution >= 0.6 is 0 Å². The lowest BCUT2D eigenvalue weighted by atomic mass is 9.77. The van der Waals surface area contributed by atoms with E-state index in [2.05, 4.69) is 48.7 Å². The van der Waals surface area contributed by atoms with E-state index in [0.29, 0.717) is 6.61 Å². The molecule has 2 aromatic rings. The molecule has 0 heterocycles. The van der Waals surface area contributed by atoms with Gasteiger partial charge < -0.3 is 10.1 Å². The molecule has 0 aromatic heterocycles. The molecule has 24 heavy (non-hydrogen) atoms. The highest BCUT2D eigenvalue weighted by Gasteiger charge is 2.39. The normalized spacial score (nSPS) is 14.4. The van der Waals surface area contributed by atoms with Crippen molar-refractivity contribution in [3.63, 3.8) is 0 Å². The van der Waals surface area contributed by atoms with Gasteiger partial charge in [0.05, 0.1) is 18.6 Å². The van der Waals surface area contributed by atoms with Crippen LogP contribution in [-0.4, -0.2) is 19.1 Å². The molecular formula is C21H23NO2. The molecule has 1 aliphatic carbocycles. The summed E-state index contributed by atoms with van der Waals surface area (Å²) in [5.74, 6) is -0.190. The highest BCUT2D eigenvalue weighted by Crippen LogP contribution is 2.40. The topological polar surface area (TPSA) is 38.3 Å². The van der Waals surface area contributed by atoms with E-state index >= 15 is 0 Å². The molecule has 124 valence electrons. The van der Waals surface area contributed by atoms with Gasteiger partial charge in [-0.05, 0) is 35.7 Å². The van der Waals surface area contributed by atoms with Crippen LogP contribution in [0.2, 0.25) is 0 Å². The number of rotatable bonds is 5. The van der Waals surface area contributed by atoms with Gasteiger partial charge in [-0.25, -0.2) is 0 Å². The second-order valence-corrected chi connectivity index (χ2v) is 5.93. The van der Waals surface area contributed by atoms with Crippen LogP contribution in [0.1, 0.15) is 42.5 Å². The summed E-state index contributed by atoms with van der Waals surface area (Å²) >= 11 is 0. The maximum absolute atomic E-state index is 12.4. The summed E-state index contributed by atoms with van der Waals surface area (Å²) in [6, 6.07) is 16.5. The van der Waals surface area contributed by atoms with E-state index in [-0.39, 0.29) is 12.4 Å². The molecule has 1 N–H and O–H groups in total. The van der Waals surface area contributed by atoms with Crippen molar-refractivity contribution >= 4 is 18.1 Å². The Bertz CT molecular complexity index is 714. The van der Waals surface area contributed by atoms with Crippen LogP contribution in [0, 0.1) is 0 Å². The smallest absolute Gasteiger partial charge is 0.308 e. The van der Waals surface area contributed by atoms with Gasteiger partial charge in [0.2, 0.25) is 0 Å². The monoisotopic (exact) mass is 321 g/mol. The number of benzene rings is 2. The van der Waals surface area contributed by atoms with E-state index in [1.165, 1.54) is 0 Å². The van der Waals surface area contributed by atoms with Crippen LogP contribution in [0.15, 0.2) is 48.5 Å². The molecule has 0 saturated heterocycles. The third-order valence-corrected chi connectivity index (χ3v) is 4.48. The van der Waals surface area contributed by atoms with E-state index < -0.39 is 5.54 Å². The van der Waals surface area contributed by atoms with Gasteiger partial charge in [-0.2, -0.15) is 0 Å². The lowest BCUT2D eigenvalue weighted by Crippen LogP contribution is -2.46. The molecule has 0 atom stereocenters. The number of carbonyl (C=O) groups is 1. The van der Waals surface area contributed by atoms with Crippen molar-refractivity contribution in [3.05, 3.63) is 70.8 Å². The van der Waals surface area contributed by atoms with Crippen molar-refractivity contribution in [2.45, 2.75) is 25.8 Å². The van der Waals surface area contributed by atoms with Gasteiger partial charge in [-0.1, -0.05) is 67.6 Å². The molecule has 1 aliphatic rings. The van der Waals surface area contributed by atoms with Crippen molar-refractivity contribution in [2.24, 2.45) is 0 Å². The number of carbonyl (C=O) groups excluding carboxylic acids is 1. The van der Waals surface area contributed by atoms with E-state index in [4.69, 9.17) is 4.74 Å². The van der Waals surface area contributed by atoms with Gasteiger partial charge in [0.1, 0.15) is 0 Å². The van der Waals surface area contributed by atoms with Crippen molar-refractivity contribution in [2.75, 3.05) is 13.2 Å². The SMILES string of the molecule is CCNC1(CC(=O)OCC)c2ccccc2C=Cc2ccccc21. The van der Waals surface area contributed by atoms with Gasteiger partial charge in [-0.15, -0.1) is 0 Å². The average Bonchev–Trinajstić information content (AvgIpc) is 2.72. The molecule has 3 nitrogen and oxygen atoms in total. The Morgan fingerprint density at radius 2 is 1.50 bits per heavy atom. The zero-order valence-corrected chi connectivity index (χ0v) is 14.2. The number of fused-ring (bicyclic) bond motifs is 2. The predicted octanol–water partition coefficient (Wildman–Crippen LogP) is 3.98. The summed E-state index contributed by atoms with van der Waals surface area (Å²) < 4.78 is 5.29. The third-order valence-electron chi connectivity index (χ3n) is 4.48. The van der Waals surface area contributed by atoms with Gasteiger partial charge >= 0.3 is 5.97 Å². The Morgan fingerprint density at radius 3 is 2.00 bits per heavy atom. The molecule has 3 heteroatoms. The van der Waals surface area contributed by atoms with Gasteiger partial charge in [0.25, 0.3) is 0 Å². The zero-order chi connectivity index (χ0) is 17.0. The molecule has 0 saturated carbocycles. The quantitative estimate of drug-likeness (QED) is 0.847. The Balaban J connectivity index is 2.24. The van der Waals surface area contributed by atoms with Crippen molar-refractivity contribution in [1.82, 2.24) is 5.32 Å². The second-order valence-electron chi connectivity index (χ2n) is 5.93. The Labute approximate surface area is 143 Å². The van der Waals surface area contributed by atoms with Crippen LogP contribution in [0.5, 0.6) is 0 Å². The maximum Gasteiger partial charge on any atom is 0.308 e. The Morgan fingerprint density at radius 1 is 0.958 bits per heavy atom. The highest BCUT2D eigenvalue weighted by molar-refractivity contribution is 5.81. The first kappa shape index (κ1) is 16.5. The van der Waals surface area contributed by atoms with Gasteiger partial charge in [0.15, 0.2) is 0 Å². The minimum atomic E-state index is -0.586. The summed E-state index contributed by atoms with van der Waals surface area (Å²) in [5, 5.41) is 3.60. The molecule has 0 amide bonds. The third kappa shape index (κ3) is 2.87. The lowest BCUT2D eigenvalue weighted by Gasteiger charge is -2.36. The summed E-state index contributed by atoms with van der Waals surface area (Å²) in [5.41, 5.74) is 3.89. The second kappa shape index (κ2) is 7.02. The molecule has 3 rings (SSSR count). The summed E-state index contributed by atoms with van der Waals surface area (Å²) in [6.45, 7) is 5.05. The fraction of sp³-hybridized carbons (Fsp3) is 0.286. The number of nitrogens with one attached hydrogen (secondary N) is 1. The van der Waals surface area contributed by atoms with Crippen molar-refractivity contribution < 1.29 is 9.53 Å². The molecule has 0 spiro atoms. The molecule has 0 unspecified atom stereocenters. The van der Waals surface area contributed by atoms with Crippen molar-refractivity contribution in [3.8, 4) is 0 Å². The summed E-state index contributed by atoms with van der Waals surface area (Å²) in [4.78, 5) is 12.4. The maximum atomic E-state index is 12.4. The zero-order valence-electron chi connectivity index (χ0n) is 14.2. The minimum absolute atomic E-state index is 0.190.